The zero-order valence-electron chi connectivity index (χ0n) is 12.1. The Labute approximate surface area is 125 Å². The molecule has 0 aliphatic heterocycles. The minimum absolute atomic E-state index is 0.365. The number of nitrogens with two attached hydrogens (primary N) is 3. The van der Waals surface area contributed by atoms with Crippen LogP contribution in [0.3, 0.4) is 0 Å². The summed E-state index contributed by atoms with van der Waals surface area (Å²) in [6.45, 7) is 0.549. The minimum atomic E-state index is -0.705. The SMILES string of the molecule is NCCCCC(NC(=O)C(N)Cc1ccccc1)C(N)=O. The first-order chi connectivity index (χ1) is 10.0. The summed E-state index contributed by atoms with van der Waals surface area (Å²) < 4.78 is 0. The van der Waals surface area contributed by atoms with E-state index in [0.717, 1.165) is 18.4 Å². The van der Waals surface area contributed by atoms with E-state index in [1.165, 1.54) is 0 Å². The lowest BCUT2D eigenvalue weighted by Gasteiger charge is -2.18. The number of carbonyl (C=O) groups excluding carboxylic acids is 2. The maximum Gasteiger partial charge on any atom is 0.240 e. The third-order valence-electron chi connectivity index (χ3n) is 3.24. The molecule has 1 aromatic carbocycles. The summed E-state index contributed by atoms with van der Waals surface area (Å²) in [6, 6.07) is 8.09. The van der Waals surface area contributed by atoms with E-state index in [0.29, 0.717) is 19.4 Å². The molecule has 2 unspecified atom stereocenters. The van der Waals surface area contributed by atoms with Gasteiger partial charge in [-0.1, -0.05) is 30.3 Å². The summed E-state index contributed by atoms with van der Waals surface area (Å²) in [5, 5.41) is 2.62. The van der Waals surface area contributed by atoms with Crippen LogP contribution < -0.4 is 22.5 Å². The minimum Gasteiger partial charge on any atom is -0.368 e. The van der Waals surface area contributed by atoms with Gasteiger partial charge < -0.3 is 22.5 Å². The van der Waals surface area contributed by atoms with E-state index in [2.05, 4.69) is 5.32 Å². The molecule has 116 valence electrons. The van der Waals surface area contributed by atoms with Crippen LogP contribution in [0.15, 0.2) is 30.3 Å². The molecule has 1 rings (SSSR count). The van der Waals surface area contributed by atoms with Gasteiger partial charge in [0.2, 0.25) is 11.8 Å². The van der Waals surface area contributed by atoms with E-state index in [1.807, 2.05) is 30.3 Å². The fourth-order valence-electron chi connectivity index (χ4n) is 2.02. The van der Waals surface area contributed by atoms with Crippen LogP contribution >= 0.6 is 0 Å². The smallest absolute Gasteiger partial charge is 0.240 e. The van der Waals surface area contributed by atoms with Gasteiger partial charge in [0.25, 0.3) is 0 Å². The number of benzene rings is 1. The van der Waals surface area contributed by atoms with Crippen molar-refractivity contribution in [3.63, 3.8) is 0 Å². The predicted molar refractivity (Wildman–Crippen MR) is 82.2 cm³/mol. The molecule has 7 N–H and O–H groups in total. The van der Waals surface area contributed by atoms with Crippen molar-refractivity contribution in [1.29, 1.82) is 0 Å². The molecule has 2 atom stereocenters. The zero-order valence-corrected chi connectivity index (χ0v) is 12.1. The topological polar surface area (TPSA) is 124 Å². The fraction of sp³-hybridized carbons (Fsp3) is 0.467. The van der Waals surface area contributed by atoms with Gasteiger partial charge in [0, 0.05) is 0 Å². The molecule has 2 amide bonds. The van der Waals surface area contributed by atoms with Crippen LogP contribution in [0.1, 0.15) is 24.8 Å². The molecule has 0 aliphatic carbocycles. The van der Waals surface area contributed by atoms with Crippen molar-refractivity contribution in [1.82, 2.24) is 5.32 Å². The van der Waals surface area contributed by atoms with Gasteiger partial charge in [0.15, 0.2) is 0 Å². The molecule has 0 fully saturated rings. The Morgan fingerprint density at radius 3 is 2.38 bits per heavy atom. The number of hydrogen-bond acceptors (Lipinski definition) is 4. The van der Waals surface area contributed by atoms with Crippen molar-refractivity contribution in [2.24, 2.45) is 17.2 Å². The third kappa shape index (κ3) is 6.37. The number of unbranched alkanes of at least 4 members (excludes halogenated alkanes) is 1. The highest BCUT2D eigenvalue weighted by Gasteiger charge is 2.21. The second-order valence-electron chi connectivity index (χ2n) is 5.04. The number of carbonyl (C=O) groups is 2. The molecule has 1 aromatic rings. The fourth-order valence-corrected chi connectivity index (χ4v) is 2.02. The van der Waals surface area contributed by atoms with Crippen molar-refractivity contribution in [2.75, 3.05) is 6.54 Å². The Morgan fingerprint density at radius 1 is 1.14 bits per heavy atom. The summed E-state index contributed by atoms with van der Waals surface area (Å²) in [6.07, 6.45) is 2.42. The van der Waals surface area contributed by atoms with Gasteiger partial charge in [0.1, 0.15) is 6.04 Å². The van der Waals surface area contributed by atoms with Gasteiger partial charge in [-0.15, -0.1) is 0 Å². The summed E-state index contributed by atoms with van der Waals surface area (Å²) in [5.41, 5.74) is 17.5. The highest BCUT2D eigenvalue weighted by molar-refractivity contribution is 5.89. The highest BCUT2D eigenvalue weighted by Crippen LogP contribution is 2.04. The van der Waals surface area contributed by atoms with Crippen LogP contribution in [-0.2, 0) is 16.0 Å². The molecular weight excluding hydrogens is 268 g/mol. The molecular formula is C15H24N4O2. The first-order valence-electron chi connectivity index (χ1n) is 7.14. The standard InChI is InChI=1S/C15H24N4O2/c16-9-5-4-8-13(14(18)20)19-15(21)12(17)10-11-6-2-1-3-7-11/h1-3,6-7,12-13H,4-5,8-10,16-17H2,(H2,18,20)(H,19,21). The van der Waals surface area contributed by atoms with Crippen molar-refractivity contribution >= 4 is 11.8 Å². The van der Waals surface area contributed by atoms with E-state index < -0.39 is 18.0 Å². The average Bonchev–Trinajstić information content (AvgIpc) is 2.47. The molecule has 0 spiro atoms. The van der Waals surface area contributed by atoms with E-state index in [1.54, 1.807) is 0 Å². The third-order valence-corrected chi connectivity index (χ3v) is 3.24. The van der Waals surface area contributed by atoms with Crippen molar-refractivity contribution in [3.8, 4) is 0 Å². The molecule has 0 saturated heterocycles. The summed E-state index contributed by atoms with van der Waals surface area (Å²) in [4.78, 5) is 23.4. The van der Waals surface area contributed by atoms with Gasteiger partial charge in [-0.2, -0.15) is 0 Å². The van der Waals surface area contributed by atoms with Crippen LogP contribution in [-0.4, -0.2) is 30.4 Å². The van der Waals surface area contributed by atoms with Crippen molar-refractivity contribution < 1.29 is 9.59 Å². The summed E-state index contributed by atoms with van der Waals surface area (Å²) in [7, 11) is 0. The predicted octanol–water partition coefficient (Wildman–Crippen LogP) is -0.344. The lowest BCUT2D eigenvalue weighted by atomic mass is 10.0. The Balaban J connectivity index is 2.50. The lowest BCUT2D eigenvalue weighted by Crippen LogP contribution is -2.51. The van der Waals surface area contributed by atoms with Crippen LogP contribution in [0.2, 0.25) is 0 Å². The van der Waals surface area contributed by atoms with E-state index in [9.17, 15) is 9.59 Å². The van der Waals surface area contributed by atoms with E-state index >= 15 is 0 Å². The van der Waals surface area contributed by atoms with Gasteiger partial charge in [-0.25, -0.2) is 0 Å². The highest BCUT2D eigenvalue weighted by atomic mass is 16.2. The molecule has 6 nitrogen and oxygen atoms in total. The van der Waals surface area contributed by atoms with Crippen molar-refractivity contribution in [3.05, 3.63) is 35.9 Å². The molecule has 0 saturated carbocycles. The lowest BCUT2D eigenvalue weighted by molar-refractivity contribution is -0.128. The van der Waals surface area contributed by atoms with Crippen LogP contribution in [0.25, 0.3) is 0 Å². The molecule has 6 heteroatoms. The number of nitrogens with one attached hydrogen (secondary N) is 1. The first-order valence-corrected chi connectivity index (χ1v) is 7.14. The zero-order chi connectivity index (χ0) is 15.7. The van der Waals surface area contributed by atoms with E-state index in [-0.39, 0.29) is 5.91 Å². The maximum absolute atomic E-state index is 12.0. The number of primary amides is 1. The van der Waals surface area contributed by atoms with Gasteiger partial charge >= 0.3 is 0 Å². The maximum atomic E-state index is 12.0. The number of amides is 2. The molecule has 0 aliphatic rings. The second kappa shape index (κ2) is 9.10. The molecule has 0 radical (unpaired) electrons. The average molecular weight is 292 g/mol. The Kier molecular flexibility index (Phi) is 7.42. The molecule has 0 bridgehead atoms. The van der Waals surface area contributed by atoms with Crippen LogP contribution in [0, 0.1) is 0 Å². The Bertz CT molecular complexity index is 450. The van der Waals surface area contributed by atoms with E-state index in [4.69, 9.17) is 17.2 Å². The second-order valence-corrected chi connectivity index (χ2v) is 5.04. The van der Waals surface area contributed by atoms with Gasteiger partial charge in [-0.05, 0) is 37.8 Å². The Hall–Kier alpha value is -1.92. The van der Waals surface area contributed by atoms with Crippen molar-refractivity contribution in [2.45, 2.75) is 37.8 Å². The largest absolute Gasteiger partial charge is 0.368 e. The monoisotopic (exact) mass is 292 g/mol. The van der Waals surface area contributed by atoms with Gasteiger partial charge in [-0.3, -0.25) is 9.59 Å². The Morgan fingerprint density at radius 2 is 1.81 bits per heavy atom. The quantitative estimate of drug-likeness (QED) is 0.464. The van der Waals surface area contributed by atoms with Gasteiger partial charge in [0.05, 0.1) is 6.04 Å². The molecule has 0 heterocycles. The first kappa shape index (κ1) is 17.1. The van der Waals surface area contributed by atoms with Crippen LogP contribution in [0.4, 0.5) is 0 Å². The summed E-state index contributed by atoms with van der Waals surface area (Å²) in [5.74, 6) is -0.914. The normalized spacial score (nSPS) is 13.4. The van der Waals surface area contributed by atoms with Crippen LogP contribution in [0.5, 0.6) is 0 Å². The molecule has 0 aromatic heterocycles. The molecule has 21 heavy (non-hydrogen) atoms. The summed E-state index contributed by atoms with van der Waals surface area (Å²) >= 11 is 0. The number of hydrogen-bond donors (Lipinski definition) is 4. The number of rotatable bonds is 9.